The van der Waals surface area contributed by atoms with Crippen LogP contribution in [0.15, 0.2) is 58.9 Å². The van der Waals surface area contributed by atoms with E-state index in [0.29, 0.717) is 17.1 Å². The molecule has 0 radical (unpaired) electrons. The fraction of sp³-hybridized carbons (Fsp3) is 0.150. The predicted octanol–water partition coefficient (Wildman–Crippen LogP) is 2.62. The molecule has 1 aromatic heterocycles. The summed E-state index contributed by atoms with van der Waals surface area (Å²) in [6.07, 6.45) is 1.50. The van der Waals surface area contributed by atoms with Crippen LogP contribution in [0.4, 0.5) is 16.5 Å². The molecule has 4 rings (SSSR count). The number of thiazole rings is 1. The van der Waals surface area contributed by atoms with Crippen molar-refractivity contribution >= 4 is 49.7 Å². The van der Waals surface area contributed by atoms with Gasteiger partial charge in [0.25, 0.3) is 10.0 Å². The number of esters is 1. The second kappa shape index (κ2) is 8.36. The summed E-state index contributed by atoms with van der Waals surface area (Å²) in [7, 11) is -3.77. The summed E-state index contributed by atoms with van der Waals surface area (Å²) >= 11 is 1.17. The van der Waals surface area contributed by atoms with Crippen molar-refractivity contribution in [1.82, 2.24) is 4.98 Å². The number of carbonyl (C=O) groups is 2. The quantitative estimate of drug-likeness (QED) is 0.431. The van der Waals surface area contributed by atoms with Gasteiger partial charge in [-0.05, 0) is 48.9 Å². The van der Waals surface area contributed by atoms with E-state index in [1.165, 1.54) is 41.8 Å². The molecule has 1 aliphatic heterocycles. The molecule has 1 amide bonds. The van der Waals surface area contributed by atoms with Crippen molar-refractivity contribution < 1.29 is 22.7 Å². The third kappa shape index (κ3) is 4.84. The molecule has 0 atom stereocenters. The van der Waals surface area contributed by atoms with Gasteiger partial charge < -0.3 is 15.0 Å². The number of nitrogens with zero attached hydrogens (tertiary/aromatic N) is 2. The van der Waals surface area contributed by atoms with E-state index in [0.717, 1.165) is 5.56 Å². The topological polar surface area (TPSA) is 118 Å². The second-order valence-electron chi connectivity index (χ2n) is 6.82. The van der Waals surface area contributed by atoms with Gasteiger partial charge in [0, 0.05) is 17.3 Å². The number of ether oxygens (including phenoxy) is 1. The van der Waals surface area contributed by atoms with Gasteiger partial charge >= 0.3 is 5.97 Å². The van der Waals surface area contributed by atoms with Crippen LogP contribution in [0.3, 0.4) is 0 Å². The van der Waals surface area contributed by atoms with Crippen LogP contribution in [-0.4, -0.2) is 38.4 Å². The zero-order valence-corrected chi connectivity index (χ0v) is 18.0. The van der Waals surface area contributed by atoms with Crippen molar-refractivity contribution in [1.29, 1.82) is 0 Å². The van der Waals surface area contributed by atoms with Gasteiger partial charge in [0.15, 0.2) is 10.9 Å². The number of aromatic nitrogens is 1. The number of amides is 1. The zero-order chi connectivity index (χ0) is 22.0. The van der Waals surface area contributed by atoms with E-state index in [-0.39, 0.29) is 29.0 Å². The van der Waals surface area contributed by atoms with E-state index >= 15 is 0 Å². The van der Waals surface area contributed by atoms with E-state index in [1.807, 2.05) is 19.1 Å². The van der Waals surface area contributed by atoms with Crippen LogP contribution in [0, 0.1) is 6.92 Å². The molecule has 2 aromatic carbocycles. The average molecular weight is 459 g/mol. The van der Waals surface area contributed by atoms with Crippen LogP contribution in [0.2, 0.25) is 0 Å². The summed E-state index contributed by atoms with van der Waals surface area (Å²) in [5, 5.41) is 4.65. The standard InChI is InChI=1S/C20H18N4O5S2/c1-13-2-7-17-16(10-13)24(12-19(26)29-17)11-18(25)22-14-3-5-15(6-4-14)31(27,28)23-20-21-8-9-30-20/h2-10H,11-12H2,1H3,(H,21,23)(H,22,25). The van der Waals surface area contributed by atoms with Crippen molar-refractivity contribution in [3.63, 3.8) is 0 Å². The SMILES string of the molecule is Cc1ccc2c(c1)N(CC(=O)Nc1ccc(S(=O)(=O)Nc3nccs3)cc1)CC(=O)O2. The molecule has 3 aromatic rings. The van der Waals surface area contributed by atoms with Gasteiger partial charge in [-0.2, -0.15) is 0 Å². The molecule has 0 saturated heterocycles. The van der Waals surface area contributed by atoms with Gasteiger partial charge in [0.1, 0.15) is 6.54 Å². The molecular formula is C20H18N4O5S2. The molecule has 0 saturated carbocycles. The van der Waals surface area contributed by atoms with E-state index < -0.39 is 16.0 Å². The summed E-state index contributed by atoms with van der Waals surface area (Å²) in [5.74, 6) is -0.373. The average Bonchev–Trinajstić information content (AvgIpc) is 3.21. The van der Waals surface area contributed by atoms with E-state index in [4.69, 9.17) is 4.74 Å². The normalized spacial score (nSPS) is 13.3. The number of carbonyl (C=O) groups excluding carboxylic acids is 2. The number of hydrogen-bond donors (Lipinski definition) is 2. The van der Waals surface area contributed by atoms with Gasteiger partial charge in [0.2, 0.25) is 5.91 Å². The van der Waals surface area contributed by atoms with Gasteiger partial charge in [-0.1, -0.05) is 6.07 Å². The molecule has 1 aliphatic rings. The maximum absolute atomic E-state index is 12.5. The summed E-state index contributed by atoms with van der Waals surface area (Å²) < 4.78 is 32.4. The maximum atomic E-state index is 12.5. The van der Waals surface area contributed by atoms with Gasteiger partial charge in [-0.25, -0.2) is 18.2 Å². The predicted molar refractivity (Wildman–Crippen MR) is 117 cm³/mol. The molecule has 0 spiro atoms. The Kier molecular flexibility index (Phi) is 5.61. The molecule has 0 bridgehead atoms. The number of rotatable bonds is 6. The Morgan fingerprint density at radius 3 is 2.71 bits per heavy atom. The minimum atomic E-state index is -3.77. The smallest absolute Gasteiger partial charge is 0.331 e. The van der Waals surface area contributed by atoms with E-state index in [9.17, 15) is 18.0 Å². The Bertz CT molecular complexity index is 1220. The first-order valence-electron chi connectivity index (χ1n) is 9.19. The highest BCUT2D eigenvalue weighted by Gasteiger charge is 2.26. The van der Waals surface area contributed by atoms with Gasteiger partial charge in [0.05, 0.1) is 17.1 Å². The van der Waals surface area contributed by atoms with Crippen LogP contribution < -0.4 is 19.7 Å². The Morgan fingerprint density at radius 2 is 2.00 bits per heavy atom. The fourth-order valence-corrected chi connectivity index (χ4v) is 4.83. The van der Waals surface area contributed by atoms with Crippen LogP contribution >= 0.6 is 11.3 Å². The summed E-state index contributed by atoms with van der Waals surface area (Å²) in [4.78, 5) is 30.0. The lowest BCUT2D eigenvalue weighted by atomic mass is 10.1. The summed E-state index contributed by atoms with van der Waals surface area (Å²) in [5.41, 5.74) is 2.08. The highest BCUT2D eigenvalue weighted by molar-refractivity contribution is 7.93. The first-order valence-corrected chi connectivity index (χ1v) is 11.5. The van der Waals surface area contributed by atoms with Crippen molar-refractivity contribution in [2.75, 3.05) is 28.0 Å². The zero-order valence-electron chi connectivity index (χ0n) is 16.4. The number of hydrogen-bond acceptors (Lipinski definition) is 8. The molecule has 0 fully saturated rings. The summed E-state index contributed by atoms with van der Waals surface area (Å²) in [6.45, 7) is 1.81. The van der Waals surface area contributed by atoms with Crippen LogP contribution in [-0.2, 0) is 19.6 Å². The van der Waals surface area contributed by atoms with Gasteiger partial charge in [-0.3, -0.25) is 9.52 Å². The first kappa shape index (κ1) is 20.8. The summed E-state index contributed by atoms with van der Waals surface area (Å²) in [6, 6.07) is 11.2. The van der Waals surface area contributed by atoms with Crippen molar-refractivity contribution in [3.05, 3.63) is 59.6 Å². The van der Waals surface area contributed by atoms with Crippen molar-refractivity contribution in [2.45, 2.75) is 11.8 Å². The van der Waals surface area contributed by atoms with Gasteiger partial charge in [-0.15, -0.1) is 11.3 Å². The Labute approximate surface area is 182 Å². The number of nitrogens with one attached hydrogen (secondary N) is 2. The molecule has 31 heavy (non-hydrogen) atoms. The minimum absolute atomic E-state index is 0.0382. The third-order valence-electron chi connectivity index (χ3n) is 4.44. The van der Waals surface area contributed by atoms with E-state index in [1.54, 1.807) is 16.3 Å². The van der Waals surface area contributed by atoms with Crippen molar-refractivity contribution in [3.8, 4) is 5.75 Å². The van der Waals surface area contributed by atoms with E-state index in [2.05, 4.69) is 15.0 Å². The Hall–Kier alpha value is -3.44. The monoisotopic (exact) mass is 458 g/mol. The molecule has 2 heterocycles. The molecule has 0 aliphatic carbocycles. The molecular weight excluding hydrogens is 440 g/mol. The number of anilines is 3. The molecule has 2 N–H and O–H groups in total. The third-order valence-corrected chi connectivity index (χ3v) is 6.61. The number of sulfonamides is 1. The van der Waals surface area contributed by atoms with Crippen LogP contribution in [0.1, 0.15) is 5.56 Å². The van der Waals surface area contributed by atoms with Crippen LogP contribution in [0.25, 0.3) is 0 Å². The number of benzene rings is 2. The molecule has 11 heteroatoms. The Morgan fingerprint density at radius 1 is 1.23 bits per heavy atom. The van der Waals surface area contributed by atoms with Crippen LogP contribution in [0.5, 0.6) is 5.75 Å². The Balaban J connectivity index is 1.43. The molecule has 9 nitrogen and oxygen atoms in total. The van der Waals surface area contributed by atoms with Crippen molar-refractivity contribution in [2.24, 2.45) is 0 Å². The number of fused-ring (bicyclic) bond motifs is 1. The second-order valence-corrected chi connectivity index (χ2v) is 9.39. The largest absolute Gasteiger partial charge is 0.423 e. The minimum Gasteiger partial charge on any atom is -0.423 e. The highest BCUT2D eigenvalue weighted by Crippen LogP contribution is 2.32. The maximum Gasteiger partial charge on any atom is 0.331 e. The lowest BCUT2D eigenvalue weighted by molar-refractivity contribution is -0.133. The highest BCUT2D eigenvalue weighted by atomic mass is 32.2. The number of aryl methyl sites for hydroxylation is 1. The first-order chi connectivity index (χ1) is 14.8. The fourth-order valence-electron chi connectivity index (χ4n) is 3.04. The lowest BCUT2D eigenvalue weighted by Crippen LogP contribution is -2.41. The lowest BCUT2D eigenvalue weighted by Gasteiger charge is -2.29. The molecule has 160 valence electrons. The molecule has 0 unspecified atom stereocenters.